The highest BCUT2D eigenvalue weighted by Crippen LogP contribution is 2.36. The van der Waals surface area contributed by atoms with Crippen LogP contribution in [-0.2, 0) is 0 Å². The van der Waals surface area contributed by atoms with Crippen LogP contribution in [0.3, 0.4) is 0 Å². The molecule has 0 aliphatic rings. The molecule has 0 radical (unpaired) electrons. The third-order valence-electron chi connectivity index (χ3n) is 4.55. The van der Waals surface area contributed by atoms with Gasteiger partial charge in [-0.25, -0.2) is 0 Å². The first-order chi connectivity index (χ1) is 12.5. The van der Waals surface area contributed by atoms with E-state index in [-0.39, 0.29) is 11.6 Å². The molecule has 0 amide bonds. The van der Waals surface area contributed by atoms with E-state index in [1.807, 2.05) is 25.1 Å². The summed E-state index contributed by atoms with van der Waals surface area (Å²) >= 11 is 0. The highest BCUT2D eigenvalue weighted by atomic mass is 16.5. The molecule has 132 valence electrons. The Morgan fingerprint density at radius 2 is 1.50 bits per heavy atom. The standard InChI is InChI=1S/C22H20O4/c1-13-17(14(2)23)10-16-11-19(25-3)20(26-4)12-18(16)21(13)22(24)15-8-6-5-7-9-15/h5-12H,1-4H3. The molecular formula is C22H20O4. The lowest BCUT2D eigenvalue weighted by Crippen LogP contribution is -2.09. The topological polar surface area (TPSA) is 52.6 Å². The lowest BCUT2D eigenvalue weighted by molar-refractivity contribution is 0.101. The quantitative estimate of drug-likeness (QED) is 0.632. The number of hydrogen-bond donors (Lipinski definition) is 0. The first-order valence-electron chi connectivity index (χ1n) is 8.28. The third-order valence-corrected chi connectivity index (χ3v) is 4.55. The Balaban J connectivity index is 2.39. The minimum atomic E-state index is -0.122. The van der Waals surface area contributed by atoms with Crippen molar-refractivity contribution in [1.82, 2.24) is 0 Å². The van der Waals surface area contributed by atoms with E-state index in [0.717, 1.165) is 10.8 Å². The van der Waals surface area contributed by atoms with E-state index >= 15 is 0 Å². The smallest absolute Gasteiger partial charge is 0.193 e. The van der Waals surface area contributed by atoms with Crippen molar-refractivity contribution in [2.45, 2.75) is 13.8 Å². The van der Waals surface area contributed by atoms with Crippen molar-refractivity contribution < 1.29 is 19.1 Å². The summed E-state index contributed by atoms with van der Waals surface area (Å²) in [6.07, 6.45) is 0. The molecule has 0 saturated heterocycles. The fourth-order valence-electron chi connectivity index (χ4n) is 3.22. The summed E-state index contributed by atoms with van der Waals surface area (Å²) in [5, 5.41) is 1.50. The molecular weight excluding hydrogens is 328 g/mol. The van der Waals surface area contributed by atoms with Gasteiger partial charge >= 0.3 is 0 Å². The Morgan fingerprint density at radius 3 is 2.08 bits per heavy atom. The number of rotatable bonds is 5. The van der Waals surface area contributed by atoms with Gasteiger partial charge in [-0.1, -0.05) is 30.3 Å². The number of methoxy groups -OCH3 is 2. The van der Waals surface area contributed by atoms with Crippen molar-refractivity contribution in [2.24, 2.45) is 0 Å². The Morgan fingerprint density at radius 1 is 0.885 bits per heavy atom. The molecule has 3 aromatic carbocycles. The van der Waals surface area contributed by atoms with Crippen molar-refractivity contribution in [3.05, 3.63) is 70.8 Å². The van der Waals surface area contributed by atoms with Gasteiger partial charge < -0.3 is 9.47 Å². The van der Waals surface area contributed by atoms with E-state index in [2.05, 4.69) is 0 Å². The van der Waals surface area contributed by atoms with Crippen LogP contribution in [0.25, 0.3) is 10.8 Å². The SMILES string of the molecule is COc1cc2cc(C(C)=O)c(C)c(C(=O)c3ccccc3)c2cc1OC. The monoisotopic (exact) mass is 348 g/mol. The number of hydrogen-bond acceptors (Lipinski definition) is 4. The van der Waals surface area contributed by atoms with Crippen LogP contribution in [0, 0.1) is 6.92 Å². The Bertz CT molecular complexity index is 1000. The van der Waals surface area contributed by atoms with Crippen molar-refractivity contribution in [1.29, 1.82) is 0 Å². The van der Waals surface area contributed by atoms with E-state index in [4.69, 9.17) is 9.47 Å². The molecule has 0 heterocycles. The van der Waals surface area contributed by atoms with Crippen molar-refractivity contribution >= 4 is 22.3 Å². The van der Waals surface area contributed by atoms with Crippen LogP contribution >= 0.6 is 0 Å². The van der Waals surface area contributed by atoms with Gasteiger partial charge in [0.1, 0.15) is 0 Å². The van der Waals surface area contributed by atoms with Crippen molar-refractivity contribution in [3.63, 3.8) is 0 Å². The van der Waals surface area contributed by atoms with E-state index in [1.54, 1.807) is 44.6 Å². The molecule has 0 bridgehead atoms. The van der Waals surface area contributed by atoms with Crippen LogP contribution in [0.15, 0.2) is 48.5 Å². The number of carbonyl (C=O) groups is 2. The second-order valence-electron chi connectivity index (χ2n) is 6.10. The Kier molecular flexibility index (Phi) is 4.76. The van der Waals surface area contributed by atoms with E-state index in [0.29, 0.717) is 33.8 Å². The summed E-state index contributed by atoms with van der Waals surface area (Å²) in [5.41, 5.74) is 2.29. The highest BCUT2D eigenvalue weighted by molar-refractivity contribution is 6.19. The van der Waals surface area contributed by atoms with Crippen molar-refractivity contribution in [3.8, 4) is 11.5 Å². The van der Waals surface area contributed by atoms with Crippen LogP contribution < -0.4 is 9.47 Å². The van der Waals surface area contributed by atoms with E-state index in [1.165, 1.54) is 6.92 Å². The van der Waals surface area contributed by atoms with Crippen LogP contribution in [0.4, 0.5) is 0 Å². The summed E-state index contributed by atoms with van der Waals surface area (Å²) in [6.45, 7) is 3.31. The lowest BCUT2D eigenvalue weighted by atomic mass is 9.88. The summed E-state index contributed by atoms with van der Waals surface area (Å²) < 4.78 is 10.8. The van der Waals surface area contributed by atoms with Gasteiger partial charge in [-0.3, -0.25) is 9.59 Å². The average molecular weight is 348 g/mol. The molecule has 0 N–H and O–H groups in total. The minimum Gasteiger partial charge on any atom is -0.493 e. The molecule has 4 heteroatoms. The largest absolute Gasteiger partial charge is 0.493 e. The van der Waals surface area contributed by atoms with Crippen LogP contribution in [-0.4, -0.2) is 25.8 Å². The molecule has 0 unspecified atom stereocenters. The zero-order valence-electron chi connectivity index (χ0n) is 15.3. The zero-order valence-corrected chi connectivity index (χ0v) is 15.3. The normalized spacial score (nSPS) is 10.6. The number of ether oxygens (including phenoxy) is 2. The molecule has 4 nitrogen and oxygen atoms in total. The molecule has 0 fully saturated rings. The number of fused-ring (bicyclic) bond motifs is 1. The predicted octanol–water partition coefficient (Wildman–Crippen LogP) is 4.60. The average Bonchev–Trinajstić information content (AvgIpc) is 2.66. The lowest BCUT2D eigenvalue weighted by Gasteiger charge is -2.16. The maximum Gasteiger partial charge on any atom is 0.193 e. The number of benzene rings is 3. The predicted molar refractivity (Wildman–Crippen MR) is 102 cm³/mol. The molecule has 3 rings (SSSR count). The fraction of sp³-hybridized carbons (Fsp3) is 0.182. The summed E-state index contributed by atoms with van der Waals surface area (Å²) in [6, 6.07) is 14.4. The third kappa shape index (κ3) is 2.94. The molecule has 0 saturated carbocycles. The van der Waals surface area contributed by atoms with Crippen LogP contribution in [0.2, 0.25) is 0 Å². The maximum absolute atomic E-state index is 13.2. The van der Waals surface area contributed by atoms with Gasteiger partial charge in [0.15, 0.2) is 23.1 Å². The Hall–Kier alpha value is -3.14. The zero-order chi connectivity index (χ0) is 18.8. The summed E-state index contributed by atoms with van der Waals surface area (Å²) in [5.74, 6) is 0.887. The van der Waals surface area contributed by atoms with Gasteiger partial charge in [0.05, 0.1) is 14.2 Å². The van der Waals surface area contributed by atoms with E-state index < -0.39 is 0 Å². The first kappa shape index (κ1) is 17.7. The number of Topliss-reactive ketones (excluding diaryl/α,β-unsaturated/α-hetero) is 1. The second kappa shape index (κ2) is 7.00. The number of carbonyl (C=O) groups excluding carboxylic acids is 2. The maximum atomic E-state index is 13.2. The van der Waals surface area contributed by atoms with Crippen LogP contribution in [0.1, 0.15) is 38.8 Å². The van der Waals surface area contributed by atoms with Crippen molar-refractivity contribution in [2.75, 3.05) is 14.2 Å². The van der Waals surface area contributed by atoms with Gasteiger partial charge in [0.25, 0.3) is 0 Å². The number of ketones is 2. The van der Waals surface area contributed by atoms with Gasteiger partial charge in [-0.2, -0.15) is 0 Å². The molecule has 26 heavy (non-hydrogen) atoms. The summed E-state index contributed by atoms with van der Waals surface area (Å²) in [7, 11) is 3.11. The second-order valence-corrected chi connectivity index (χ2v) is 6.10. The van der Waals surface area contributed by atoms with Crippen LogP contribution in [0.5, 0.6) is 11.5 Å². The molecule has 3 aromatic rings. The Labute approximate surface area is 152 Å². The molecule has 0 atom stereocenters. The van der Waals surface area contributed by atoms with Gasteiger partial charge in [-0.05, 0) is 48.4 Å². The minimum absolute atomic E-state index is 0.0821. The van der Waals surface area contributed by atoms with E-state index in [9.17, 15) is 9.59 Å². The van der Waals surface area contributed by atoms with Gasteiger partial charge in [-0.15, -0.1) is 0 Å². The summed E-state index contributed by atoms with van der Waals surface area (Å²) in [4.78, 5) is 25.4. The highest BCUT2D eigenvalue weighted by Gasteiger charge is 2.21. The molecule has 0 aliphatic carbocycles. The van der Waals surface area contributed by atoms with Gasteiger partial charge in [0.2, 0.25) is 0 Å². The first-order valence-corrected chi connectivity index (χ1v) is 8.28. The molecule has 0 aliphatic heterocycles. The van der Waals surface area contributed by atoms with Gasteiger partial charge in [0, 0.05) is 16.7 Å². The molecule has 0 spiro atoms. The fourth-order valence-corrected chi connectivity index (χ4v) is 3.22. The molecule has 0 aromatic heterocycles.